The van der Waals surface area contributed by atoms with Crippen molar-refractivity contribution in [2.24, 2.45) is 5.73 Å². The highest BCUT2D eigenvalue weighted by Crippen LogP contribution is 2.20. The summed E-state index contributed by atoms with van der Waals surface area (Å²) >= 11 is 0. The van der Waals surface area contributed by atoms with E-state index in [1.165, 1.54) is 0 Å². The quantitative estimate of drug-likeness (QED) is 0.582. The molecular weight excluding hydrogens is 206 g/mol. The number of piperidine rings is 1. The van der Waals surface area contributed by atoms with E-state index in [0.717, 1.165) is 25.9 Å². The summed E-state index contributed by atoms with van der Waals surface area (Å²) in [5.74, 6) is -0.341. The first-order valence-corrected chi connectivity index (χ1v) is 5.88. The number of nitrogens with two attached hydrogens (primary N) is 1. The van der Waals surface area contributed by atoms with Crippen molar-refractivity contribution in [2.75, 3.05) is 26.2 Å². The number of nitrogens with one attached hydrogen (secondary N) is 1. The highest BCUT2D eigenvalue weighted by Gasteiger charge is 2.32. The third kappa shape index (κ3) is 4.08. The van der Waals surface area contributed by atoms with Crippen LogP contribution >= 0.6 is 0 Å². The molecule has 0 aliphatic carbocycles. The Morgan fingerprint density at radius 3 is 2.50 bits per heavy atom. The lowest BCUT2D eigenvalue weighted by molar-refractivity contribution is -0.120. The third-order valence-corrected chi connectivity index (χ3v) is 3.12. The summed E-state index contributed by atoms with van der Waals surface area (Å²) < 4.78 is 0. The van der Waals surface area contributed by atoms with E-state index in [9.17, 15) is 9.90 Å². The average Bonchev–Trinajstić information content (AvgIpc) is 2.16. The molecule has 0 saturated carbocycles. The summed E-state index contributed by atoms with van der Waals surface area (Å²) in [6.07, 6.45) is 1.46. The van der Waals surface area contributed by atoms with Crippen LogP contribution in [0.1, 0.15) is 26.7 Å². The van der Waals surface area contributed by atoms with Crippen LogP contribution in [-0.4, -0.2) is 53.7 Å². The van der Waals surface area contributed by atoms with Crippen molar-refractivity contribution >= 4 is 5.91 Å². The van der Waals surface area contributed by atoms with Crippen LogP contribution in [0.5, 0.6) is 0 Å². The average molecular weight is 229 g/mol. The standard InChI is InChI=1S/C11H23N3O2/c1-9(2)14(7-10(12)15)8-11(16)3-5-13-6-4-11/h9,13,16H,3-8H2,1-2H3,(H2,12,15). The molecule has 4 N–H and O–H groups in total. The van der Waals surface area contributed by atoms with Gasteiger partial charge in [0.25, 0.3) is 0 Å². The van der Waals surface area contributed by atoms with Gasteiger partial charge in [0, 0.05) is 12.6 Å². The predicted octanol–water partition coefficient (Wildman–Crippen LogP) is -0.703. The maximum absolute atomic E-state index is 10.9. The van der Waals surface area contributed by atoms with Crippen molar-refractivity contribution in [3.8, 4) is 0 Å². The molecule has 0 bridgehead atoms. The van der Waals surface area contributed by atoms with Crippen molar-refractivity contribution in [3.05, 3.63) is 0 Å². The van der Waals surface area contributed by atoms with Gasteiger partial charge in [0.1, 0.15) is 0 Å². The van der Waals surface area contributed by atoms with Crippen molar-refractivity contribution in [3.63, 3.8) is 0 Å². The first-order valence-electron chi connectivity index (χ1n) is 5.88. The second kappa shape index (κ2) is 5.61. The second-order valence-corrected chi connectivity index (χ2v) is 4.94. The van der Waals surface area contributed by atoms with E-state index in [-0.39, 0.29) is 18.5 Å². The number of hydrogen-bond donors (Lipinski definition) is 3. The minimum atomic E-state index is -0.676. The van der Waals surface area contributed by atoms with E-state index in [2.05, 4.69) is 5.32 Å². The highest BCUT2D eigenvalue weighted by atomic mass is 16.3. The fourth-order valence-corrected chi connectivity index (χ4v) is 2.05. The van der Waals surface area contributed by atoms with Crippen LogP contribution in [-0.2, 0) is 4.79 Å². The molecule has 0 aromatic rings. The van der Waals surface area contributed by atoms with Gasteiger partial charge < -0.3 is 16.2 Å². The molecule has 1 heterocycles. The number of primary amides is 1. The Labute approximate surface area is 97.0 Å². The summed E-state index contributed by atoms with van der Waals surface area (Å²) in [5, 5.41) is 13.6. The van der Waals surface area contributed by atoms with Gasteiger partial charge in [-0.15, -0.1) is 0 Å². The molecule has 0 spiro atoms. The lowest BCUT2D eigenvalue weighted by Gasteiger charge is -2.38. The number of hydrogen-bond acceptors (Lipinski definition) is 4. The Morgan fingerprint density at radius 2 is 2.06 bits per heavy atom. The van der Waals surface area contributed by atoms with Crippen LogP contribution in [0.4, 0.5) is 0 Å². The lowest BCUT2D eigenvalue weighted by Crippen LogP contribution is -2.52. The van der Waals surface area contributed by atoms with E-state index < -0.39 is 5.60 Å². The van der Waals surface area contributed by atoms with E-state index >= 15 is 0 Å². The molecular formula is C11H23N3O2. The summed E-state index contributed by atoms with van der Waals surface area (Å²) in [6, 6.07) is 0.214. The number of rotatable bonds is 5. The van der Waals surface area contributed by atoms with Crippen LogP contribution in [0.15, 0.2) is 0 Å². The largest absolute Gasteiger partial charge is 0.388 e. The molecule has 0 atom stereocenters. The molecule has 0 radical (unpaired) electrons. The van der Waals surface area contributed by atoms with Crippen LogP contribution in [0.3, 0.4) is 0 Å². The van der Waals surface area contributed by atoms with Crippen LogP contribution in [0, 0.1) is 0 Å². The van der Waals surface area contributed by atoms with Crippen molar-refractivity contribution in [1.29, 1.82) is 0 Å². The molecule has 0 unspecified atom stereocenters. The van der Waals surface area contributed by atoms with E-state index in [0.29, 0.717) is 6.54 Å². The highest BCUT2D eigenvalue weighted by molar-refractivity contribution is 5.75. The van der Waals surface area contributed by atoms with E-state index in [4.69, 9.17) is 5.73 Å². The molecule has 0 aromatic carbocycles. The zero-order valence-electron chi connectivity index (χ0n) is 10.2. The first-order chi connectivity index (χ1) is 7.43. The van der Waals surface area contributed by atoms with Gasteiger partial charge in [-0.3, -0.25) is 9.69 Å². The Hall–Kier alpha value is -0.650. The monoisotopic (exact) mass is 229 g/mol. The topological polar surface area (TPSA) is 78.6 Å². The zero-order chi connectivity index (χ0) is 12.2. The van der Waals surface area contributed by atoms with Crippen LogP contribution in [0.2, 0.25) is 0 Å². The summed E-state index contributed by atoms with van der Waals surface area (Å²) in [7, 11) is 0. The Bertz CT molecular complexity index is 237. The molecule has 1 saturated heterocycles. The summed E-state index contributed by atoms with van der Waals surface area (Å²) in [5.41, 5.74) is 4.53. The second-order valence-electron chi connectivity index (χ2n) is 4.94. The molecule has 1 fully saturated rings. The summed E-state index contributed by atoms with van der Waals surface area (Å²) in [4.78, 5) is 12.9. The Kier molecular flexibility index (Phi) is 4.70. The Balaban J connectivity index is 2.55. The van der Waals surface area contributed by atoms with Crippen molar-refractivity contribution < 1.29 is 9.90 Å². The zero-order valence-corrected chi connectivity index (χ0v) is 10.2. The first kappa shape index (κ1) is 13.4. The SMILES string of the molecule is CC(C)N(CC(N)=O)CC1(O)CCNCC1. The molecule has 16 heavy (non-hydrogen) atoms. The third-order valence-electron chi connectivity index (χ3n) is 3.12. The molecule has 0 aromatic heterocycles. The van der Waals surface area contributed by atoms with Gasteiger partial charge in [-0.05, 0) is 39.8 Å². The predicted molar refractivity (Wildman–Crippen MR) is 63.0 cm³/mol. The molecule has 1 aliphatic heterocycles. The molecule has 5 nitrogen and oxygen atoms in total. The molecule has 1 rings (SSSR count). The van der Waals surface area contributed by atoms with Gasteiger partial charge in [0.2, 0.25) is 5.91 Å². The maximum atomic E-state index is 10.9. The molecule has 1 aliphatic rings. The lowest BCUT2D eigenvalue weighted by atomic mass is 9.91. The van der Waals surface area contributed by atoms with Gasteiger partial charge in [-0.2, -0.15) is 0 Å². The minimum Gasteiger partial charge on any atom is -0.388 e. The Morgan fingerprint density at radius 1 is 1.50 bits per heavy atom. The molecule has 1 amide bonds. The number of nitrogens with zero attached hydrogens (tertiary/aromatic N) is 1. The number of carbonyl (C=O) groups is 1. The van der Waals surface area contributed by atoms with E-state index in [1.807, 2.05) is 18.7 Å². The van der Waals surface area contributed by atoms with Gasteiger partial charge >= 0.3 is 0 Å². The molecule has 94 valence electrons. The van der Waals surface area contributed by atoms with Crippen LogP contribution < -0.4 is 11.1 Å². The van der Waals surface area contributed by atoms with Gasteiger partial charge in [-0.1, -0.05) is 0 Å². The summed E-state index contributed by atoms with van der Waals surface area (Å²) in [6.45, 7) is 6.42. The van der Waals surface area contributed by atoms with Crippen molar-refractivity contribution in [2.45, 2.75) is 38.3 Å². The number of amides is 1. The number of carbonyl (C=O) groups excluding carboxylic acids is 1. The van der Waals surface area contributed by atoms with Gasteiger partial charge in [-0.25, -0.2) is 0 Å². The smallest absolute Gasteiger partial charge is 0.231 e. The van der Waals surface area contributed by atoms with Crippen LogP contribution in [0.25, 0.3) is 0 Å². The van der Waals surface area contributed by atoms with Gasteiger partial charge in [0.15, 0.2) is 0 Å². The molecule has 5 heteroatoms. The van der Waals surface area contributed by atoms with E-state index in [1.54, 1.807) is 0 Å². The van der Waals surface area contributed by atoms with Crippen molar-refractivity contribution in [1.82, 2.24) is 10.2 Å². The maximum Gasteiger partial charge on any atom is 0.231 e. The normalized spacial score (nSPS) is 20.3. The fraction of sp³-hybridized carbons (Fsp3) is 0.909. The van der Waals surface area contributed by atoms with Gasteiger partial charge in [0.05, 0.1) is 12.1 Å². The number of aliphatic hydroxyl groups is 1. The fourth-order valence-electron chi connectivity index (χ4n) is 2.05. The minimum absolute atomic E-state index is 0.214.